The lowest BCUT2D eigenvalue weighted by atomic mass is 10.00. The van der Waals surface area contributed by atoms with E-state index in [1.165, 1.54) is 0 Å². The molecule has 2 aromatic carbocycles. The van der Waals surface area contributed by atoms with Gasteiger partial charge in [-0.25, -0.2) is 0 Å². The average Bonchev–Trinajstić information content (AvgIpc) is 2.17. The van der Waals surface area contributed by atoms with Gasteiger partial charge in [-0.15, -0.1) is 0 Å². The molecule has 2 rings (SSSR count). The number of aryl methyl sites for hydroxylation is 1. The number of hydrogen-bond donors (Lipinski definition) is 0. The van der Waals surface area contributed by atoms with Gasteiger partial charge in [-0.2, -0.15) is 0 Å². The Morgan fingerprint density at radius 2 is 1.93 bits per heavy atom. The molecular weight excluding hydrogens is 252 g/mol. The average molecular weight is 263 g/mol. The highest BCUT2D eigenvalue weighted by Gasteiger charge is 2.11. The van der Waals surface area contributed by atoms with E-state index in [1.54, 1.807) is 6.92 Å². The number of rotatable bonds is 1. The van der Waals surface area contributed by atoms with Crippen molar-refractivity contribution in [3.63, 3.8) is 0 Å². The zero-order valence-corrected chi connectivity index (χ0v) is 10.3. The predicted octanol–water partition coefficient (Wildman–Crippen LogP) is 4.11. The lowest BCUT2D eigenvalue weighted by Crippen LogP contribution is -1.98. The van der Waals surface area contributed by atoms with E-state index in [2.05, 4.69) is 28.1 Å². The van der Waals surface area contributed by atoms with Gasteiger partial charge in [-0.05, 0) is 46.1 Å². The Bertz CT molecular complexity index is 543. The Kier molecular flexibility index (Phi) is 2.61. The zero-order valence-electron chi connectivity index (χ0n) is 8.67. The molecule has 2 heteroatoms. The van der Waals surface area contributed by atoms with E-state index in [0.29, 0.717) is 0 Å². The summed E-state index contributed by atoms with van der Waals surface area (Å²) in [5.41, 5.74) is 1.81. The normalized spacial score (nSPS) is 10.6. The minimum atomic E-state index is 0.102. The second-order valence-electron chi connectivity index (χ2n) is 3.66. The van der Waals surface area contributed by atoms with Crippen molar-refractivity contribution in [1.29, 1.82) is 0 Å². The van der Waals surface area contributed by atoms with Crippen molar-refractivity contribution in [3.05, 3.63) is 45.9 Å². The number of ketones is 1. The minimum absolute atomic E-state index is 0.102. The van der Waals surface area contributed by atoms with Crippen LogP contribution in [0.15, 0.2) is 34.8 Å². The number of hydrogen-bond acceptors (Lipinski definition) is 1. The first-order chi connectivity index (χ1) is 7.11. The number of halogens is 1. The number of fused-ring (bicyclic) bond motifs is 1. The summed E-state index contributed by atoms with van der Waals surface area (Å²) in [7, 11) is 0. The van der Waals surface area contributed by atoms with Crippen LogP contribution in [0.1, 0.15) is 22.8 Å². The van der Waals surface area contributed by atoms with Gasteiger partial charge >= 0.3 is 0 Å². The number of carbonyl (C=O) groups excluding carboxylic acids is 1. The molecule has 0 N–H and O–H groups in total. The van der Waals surface area contributed by atoms with Gasteiger partial charge in [0.1, 0.15) is 0 Å². The molecule has 15 heavy (non-hydrogen) atoms. The molecule has 0 aliphatic heterocycles. The van der Waals surface area contributed by atoms with E-state index < -0.39 is 0 Å². The third-order valence-electron chi connectivity index (χ3n) is 2.54. The molecule has 0 atom stereocenters. The van der Waals surface area contributed by atoms with Crippen LogP contribution >= 0.6 is 15.9 Å². The van der Waals surface area contributed by atoms with Crippen molar-refractivity contribution in [2.24, 2.45) is 0 Å². The van der Waals surface area contributed by atoms with Gasteiger partial charge in [-0.3, -0.25) is 4.79 Å². The molecule has 1 nitrogen and oxygen atoms in total. The fraction of sp³-hybridized carbons (Fsp3) is 0.154. The highest BCUT2D eigenvalue weighted by atomic mass is 79.9. The van der Waals surface area contributed by atoms with Gasteiger partial charge in [0.2, 0.25) is 0 Å². The molecule has 0 saturated heterocycles. The SMILES string of the molecule is CC(=O)c1c(C)cc2ccccc2c1Br. The zero-order chi connectivity index (χ0) is 11.0. The van der Waals surface area contributed by atoms with Crippen LogP contribution < -0.4 is 0 Å². The van der Waals surface area contributed by atoms with Crippen LogP contribution in [0.25, 0.3) is 10.8 Å². The van der Waals surface area contributed by atoms with Gasteiger partial charge in [0.05, 0.1) is 0 Å². The van der Waals surface area contributed by atoms with Gasteiger partial charge in [-0.1, -0.05) is 30.3 Å². The first kappa shape index (κ1) is 10.4. The van der Waals surface area contributed by atoms with Crippen LogP contribution in [-0.4, -0.2) is 5.78 Å². The Morgan fingerprint density at radius 3 is 2.60 bits per heavy atom. The lowest BCUT2D eigenvalue weighted by molar-refractivity contribution is 0.101. The van der Waals surface area contributed by atoms with Crippen LogP contribution in [0.2, 0.25) is 0 Å². The van der Waals surface area contributed by atoms with Gasteiger partial charge in [0.25, 0.3) is 0 Å². The van der Waals surface area contributed by atoms with E-state index >= 15 is 0 Å². The highest BCUT2D eigenvalue weighted by molar-refractivity contribution is 9.10. The summed E-state index contributed by atoms with van der Waals surface area (Å²) in [6, 6.07) is 10.1. The summed E-state index contributed by atoms with van der Waals surface area (Å²) in [6.45, 7) is 3.57. The standard InChI is InChI=1S/C13H11BrO/c1-8-7-10-5-3-4-6-11(10)13(14)12(8)9(2)15/h3-7H,1-2H3. The van der Waals surface area contributed by atoms with Crippen molar-refractivity contribution < 1.29 is 4.79 Å². The molecule has 0 heterocycles. The molecule has 0 radical (unpaired) electrons. The van der Waals surface area contributed by atoms with Crippen molar-refractivity contribution in [3.8, 4) is 0 Å². The Balaban J connectivity index is 2.90. The van der Waals surface area contributed by atoms with E-state index in [0.717, 1.165) is 26.4 Å². The summed E-state index contributed by atoms with van der Waals surface area (Å²) < 4.78 is 0.908. The molecule has 0 saturated carbocycles. The lowest BCUT2D eigenvalue weighted by Gasteiger charge is -2.08. The Morgan fingerprint density at radius 1 is 1.27 bits per heavy atom. The first-order valence-corrected chi connectivity index (χ1v) is 5.59. The van der Waals surface area contributed by atoms with Crippen LogP contribution in [0, 0.1) is 6.92 Å². The fourth-order valence-electron chi connectivity index (χ4n) is 1.87. The summed E-state index contributed by atoms with van der Waals surface area (Å²) in [6.07, 6.45) is 0. The van der Waals surface area contributed by atoms with Gasteiger partial charge in [0.15, 0.2) is 5.78 Å². The second kappa shape index (κ2) is 3.78. The molecule has 0 bridgehead atoms. The van der Waals surface area contributed by atoms with Gasteiger partial charge in [0, 0.05) is 10.0 Å². The van der Waals surface area contributed by atoms with E-state index in [9.17, 15) is 4.79 Å². The van der Waals surface area contributed by atoms with E-state index in [4.69, 9.17) is 0 Å². The largest absolute Gasteiger partial charge is 0.294 e. The first-order valence-electron chi connectivity index (χ1n) is 4.80. The van der Waals surface area contributed by atoms with Crippen LogP contribution in [0.4, 0.5) is 0 Å². The Labute approximate surface area is 97.2 Å². The smallest absolute Gasteiger partial charge is 0.161 e. The summed E-state index contributed by atoms with van der Waals surface area (Å²) in [4.78, 5) is 11.5. The van der Waals surface area contributed by atoms with Gasteiger partial charge < -0.3 is 0 Å². The maximum absolute atomic E-state index is 11.5. The van der Waals surface area contributed by atoms with Crippen LogP contribution in [-0.2, 0) is 0 Å². The minimum Gasteiger partial charge on any atom is -0.294 e. The van der Waals surface area contributed by atoms with E-state index in [1.807, 2.05) is 25.1 Å². The van der Waals surface area contributed by atoms with Crippen LogP contribution in [0.3, 0.4) is 0 Å². The third-order valence-corrected chi connectivity index (χ3v) is 3.36. The molecular formula is C13H11BrO. The van der Waals surface area contributed by atoms with Crippen molar-refractivity contribution >= 4 is 32.5 Å². The third kappa shape index (κ3) is 1.70. The monoisotopic (exact) mass is 262 g/mol. The van der Waals surface area contributed by atoms with Crippen molar-refractivity contribution in [2.45, 2.75) is 13.8 Å². The predicted molar refractivity (Wildman–Crippen MR) is 66.4 cm³/mol. The molecule has 0 fully saturated rings. The molecule has 76 valence electrons. The Hall–Kier alpha value is -1.15. The van der Waals surface area contributed by atoms with E-state index in [-0.39, 0.29) is 5.78 Å². The maximum Gasteiger partial charge on any atom is 0.161 e. The molecule has 0 aliphatic rings. The quantitative estimate of drug-likeness (QED) is 0.707. The summed E-state index contributed by atoms with van der Waals surface area (Å²) >= 11 is 3.51. The molecule has 0 aliphatic carbocycles. The second-order valence-corrected chi connectivity index (χ2v) is 4.45. The molecule has 0 unspecified atom stereocenters. The summed E-state index contributed by atoms with van der Waals surface area (Å²) in [5.74, 6) is 0.102. The number of benzene rings is 2. The highest BCUT2D eigenvalue weighted by Crippen LogP contribution is 2.30. The molecule has 0 amide bonds. The molecule has 0 aromatic heterocycles. The number of Topliss-reactive ketones (excluding diaryl/α,β-unsaturated/α-hetero) is 1. The topological polar surface area (TPSA) is 17.1 Å². The molecule has 2 aromatic rings. The molecule has 0 spiro atoms. The summed E-state index contributed by atoms with van der Waals surface area (Å²) in [5, 5.41) is 2.25. The maximum atomic E-state index is 11.5. The van der Waals surface area contributed by atoms with Crippen LogP contribution in [0.5, 0.6) is 0 Å². The van der Waals surface area contributed by atoms with Crippen molar-refractivity contribution in [2.75, 3.05) is 0 Å². The van der Waals surface area contributed by atoms with Crippen molar-refractivity contribution in [1.82, 2.24) is 0 Å². The fourth-order valence-corrected chi connectivity index (χ4v) is 2.82. The number of carbonyl (C=O) groups is 1.